The molecule has 0 spiro atoms. The largest absolute Gasteiger partial charge is 0.445 e. The van der Waals surface area contributed by atoms with Gasteiger partial charge in [0.15, 0.2) is 0 Å². The third-order valence-corrected chi connectivity index (χ3v) is 3.84. The lowest BCUT2D eigenvalue weighted by atomic mass is 10.2. The highest BCUT2D eigenvalue weighted by Gasteiger charge is 2.23. The predicted octanol–water partition coefficient (Wildman–Crippen LogP) is 2.70. The van der Waals surface area contributed by atoms with Gasteiger partial charge in [0, 0.05) is 13.1 Å². The first kappa shape index (κ1) is 16.3. The van der Waals surface area contributed by atoms with Crippen LogP contribution in [0.2, 0.25) is 0 Å². The molecule has 22 heavy (non-hydrogen) atoms. The summed E-state index contributed by atoms with van der Waals surface area (Å²) in [5, 5.41) is 2.62. The average Bonchev–Trinajstić information content (AvgIpc) is 2.82. The van der Waals surface area contributed by atoms with Crippen molar-refractivity contribution in [2.75, 3.05) is 13.1 Å². The van der Waals surface area contributed by atoms with Gasteiger partial charge in [0.2, 0.25) is 5.91 Å². The molecule has 120 valence electrons. The van der Waals surface area contributed by atoms with Gasteiger partial charge in [-0.1, -0.05) is 43.2 Å². The molecule has 0 aromatic heterocycles. The molecular weight excluding hydrogens is 280 g/mol. The van der Waals surface area contributed by atoms with Crippen LogP contribution in [0.4, 0.5) is 4.79 Å². The van der Waals surface area contributed by atoms with Gasteiger partial charge in [-0.3, -0.25) is 4.79 Å². The van der Waals surface area contributed by atoms with Crippen molar-refractivity contribution in [3.63, 3.8) is 0 Å². The molecule has 0 radical (unpaired) electrons. The molecule has 1 aromatic rings. The van der Waals surface area contributed by atoms with Gasteiger partial charge in [0.05, 0.1) is 0 Å². The maximum absolute atomic E-state index is 12.3. The van der Waals surface area contributed by atoms with Gasteiger partial charge >= 0.3 is 6.09 Å². The molecule has 0 aliphatic carbocycles. The number of carbonyl (C=O) groups is 2. The molecule has 1 fully saturated rings. The van der Waals surface area contributed by atoms with Gasteiger partial charge in [-0.25, -0.2) is 4.79 Å². The van der Waals surface area contributed by atoms with Gasteiger partial charge < -0.3 is 15.0 Å². The van der Waals surface area contributed by atoms with Crippen molar-refractivity contribution in [3.05, 3.63) is 35.9 Å². The van der Waals surface area contributed by atoms with E-state index in [0.29, 0.717) is 0 Å². The van der Waals surface area contributed by atoms with Crippen LogP contribution >= 0.6 is 0 Å². The van der Waals surface area contributed by atoms with E-state index in [9.17, 15) is 9.59 Å². The van der Waals surface area contributed by atoms with Crippen LogP contribution in [0.15, 0.2) is 30.3 Å². The minimum absolute atomic E-state index is 0.0291. The number of hydrogen-bond acceptors (Lipinski definition) is 3. The van der Waals surface area contributed by atoms with E-state index in [1.165, 1.54) is 12.8 Å². The summed E-state index contributed by atoms with van der Waals surface area (Å²) < 4.78 is 5.14. The average molecular weight is 304 g/mol. The molecule has 2 amide bonds. The second-order valence-corrected chi connectivity index (χ2v) is 5.67. The number of carbonyl (C=O) groups excluding carboxylic acids is 2. The Hall–Kier alpha value is -2.04. The number of nitrogens with one attached hydrogen (secondary N) is 1. The summed E-state index contributed by atoms with van der Waals surface area (Å²) in [6.45, 7) is 3.47. The van der Waals surface area contributed by atoms with Gasteiger partial charge in [-0.15, -0.1) is 0 Å². The SMILES string of the molecule is C[C@@H](NC(=O)OCc1ccccc1)C(=O)N1CCCCCC1. The van der Waals surface area contributed by atoms with Crippen molar-refractivity contribution in [2.24, 2.45) is 0 Å². The Labute approximate surface area is 131 Å². The van der Waals surface area contributed by atoms with Crippen LogP contribution in [0.25, 0.3) is 0 Å². The highest BCUT2D eigenvalue weighted by Crippen LogP contribution is 2.11. The molecule has 2 rings (SSSR count). The van der Waals surface area contributed by atoms with E-state index in [4.69, 9.17) is 4.74 Å². The van der Waals surface area contributed by atoms with Crippen LogP contribution in [0.1, 0.15) is 38.2 Å². The molecular formula is C17H24N2O3. The zero-order valence-corrected chi connectivity index (χ0v) is 13.1. The first-order chi connectivity index (χ1) is 10.7. The highest BCUT2D eigenvalue weighted by molar-refractivity contribution is 5.85. The van der Waals surface area contributed by atoms with Crippen molar-refractivity contribution in [2.45, 2.75) is 45.3 Å². The number of nitrogens with zero attached hydrogens (tertiary/aromatic N) is 1. The Bertz CT molecular complexity index is 482. The fraction of sp³-hybridized carbons (Fsp3) is 0.529. The Kier molecular flexibility index (Phi) is 6.25. The summed E-state index contributed by atoms with van der Waals surface area (Å²) in [7, 11) is 0. The van der Waals surface area contributed by atoms with Gasteiger partial charge in [0.25, 0.3) is 0 Å². The Balaban J connectivity index is 1.76. The van der Waals surface area contributed by atoms with E-state index in [0.717, 1.165) is 31.5 Å². The van der Waals surface area contributed by atoms with Crippen LogP contribution in [-0.2, 0) is 16.1 Å². The zero-order chi connectivity index (χ0) is 15.8. The Morgan fingerprint density at radius 1 is 1.14 bits per heavy atom. The standard InChI is InChI=1S/C17H24N2O3/c1-14(16(20)19-11-7-2-3-8-12-19)18-17(21)22-13-15-9-5-4-6-10-15/h4-6,9-10,14H,2-3,7-8,11-13H2,1H3,(H,18,21)/t14-/m1/s1. The molecule has 1 aromatic carbocycles. The molecule has 1 N–H and O–H groups in total. The van der Waals surface area contributed by atoms with E-state index in [2.05, 4.69) is 5.32 Å². The first-order valence-electron chi connectivity index (χ1n) is 7.93. The maximum Gasteiger partial charge on any atom is 0.408 e. The normalized spacial score (nSPS) is 16.5. The number of likely N-dealkylation sites (tertiary alicyclic amines) is 1. The number of alkyl carbamates (subject to hydrolysis) is 1. The Morgan fingerprint density at radius 3 is 2.41 bits per heavy atom. The summed E-state index contributed by atoms with van der Waals surface area (Å²) in [5.41, 5.74) is 0.921. The van der Waals surface area contributed by atoms with Crippen molar-refractivity contribution in [3.8, 4) is 0 Å². The minimum Gasteiger partial charge on any atom is -0.445 e. The molecule has 5 heteroatoms. The molecule has 1 saturated heterocycles. The fourth-order valence-corrected chi connectivity index (χ4v) is 2.57. The quantitative estimate of drug-likeness (QED) is 0.930. The van der Waals surface area contributed by atoms with E-state index in [1.807, 2.05) is 35.2 Å². The molecule has 0 bridgehead atoms. The van der Waals surface area contributed by atoms with Crippen LogP contribution in [0, 0.1) is 0 Å². The third kappa shape index (κ3) is 5.06. The predicted molar refractivity (Wildman–Crippen MR) is 84.3 cm³/mol. The lowest BCUT2D eigenvalue weighted by Gasteiger charge is -2.24. The van der Waals surface area contributed by atoms with E-state index >= 15 is 0 Å². The lowest BCUT2D eigenvalue weighted by molar-refractivity contribution is -0.132. The lowest BCUT2D eigenvalue weighted by Crippen LogP contribution is -2.47. The second kappa shape index (κ2) is 8.41. The molecule has 1 aliphatic heterocycles. The summed E-state index contributed by atoms with van der Waals surface area (Å²) >= 11 is 0. The van der Waals surface area contributed by atoms with Crippen molar-refractivity contribution in [1.82, 2.24) is 10.2 Å². The van der Waals surface area contributed by atoms with E-state index in [1.54, 1.807) is 6.92 Å². The van der Waals surface area contributed by atoms with Crippen LogP contribution in [0.5, 0.6) is 0 Å². The number of benzene rings is 1. The second-order valence-electron chi connectivity index (χ2n) is 5.67. The monoisotopic (exact) mass is 304 g/mol. The smallest absolute Gasteiger partial charge is 0.408 e. The van der Waals surface area contributed by atoms with Crippen LogP contribution in [-0.4, -0.2) is 36.0 Å². The van der Waals surface area contributed by atoms with Crippen molar-refractivity contribution < 1.29 is 14.3 Å². The highest BCUT2D eigenvalue weighted by atomic mass is 16.5. The molecule has 5 nitrogen and oxygen atoms in total. The summed E-state index contributed by atoms with van der Waals surface area (Å²) in [6.07, 6.45) is 3.86. The topological polar surface area (TPSA) is 58.6 Å². The van der Waals surface area contributed by atoms with Crippen LogP contribution < -0.4 is 5.32 Å². The maximum atomic E-state index is 12.3. The summed E-state index contributed by atoms with van der Waals surface area (Å²) in [6, 6.07) is 8.91. The molecule has 1 atom stereocenters. The van der Waals surface area contributed by atoms with E-state index in [-0.39, 0.29) is 12.5 Å². The number of hydrogen-bond donors (Lipinski definition) is 1. The van der Waals surface area contributed by atoms with Gasteiger partial charge in [0.1, 0.15) is 12.6 Å². The number of amides is 2. The summed E-state index contributed by atoms with van der Waals surface area (Å²) in [5.74, 6) is -0.0291. The van der Waals surface area contributed by atoms with Crippen molar-refractivity contribution >= 4 is 12.0 Å². The van der Waals surface area contributed by atoms with Crippen molar-refractivity contribution in [1.29, 1.82) is 0 Å². The Morgan fingerprint density at radius 2 is 1.77 bits per heavy atom. The van der Waals surface area contributed by atoms with Gasteiger partial charge in [-0.05, 0) is 25.3 Å². The zero-order valence-electron chi connectivity index (χ0n) is 13.1. The third-order valence-electron chi connectivity index (χ3n) is 3.84. The first-order valence-corrected chi connectivity index (χ1v) is 7.93. The fourth-order valence-electron chi connectivity index (χ4n) is 2.57. The number of ether oxygens (including phenoxy) is 1. The molecule has 1 aliphatic rings. The summed E-state index contributed by atoms with van der Waals surface area (Å²) in [4.78, 5) is 25.9. The van der Waals surface area contributed by atoms with E-state index < -0.39 is 12.1 Å². The number of rotatable bonds is 4. The molecule has 1 heterocycles. The molecule has 0 unspecified atom stereocenters. The van der Waals surface area contributed by atoms with Crippen LogP contribution in [0.3, 0.4) is 0 Å². The molecule has 0 saturated carbocycles. The van der Waals surface area contributed by atoms with Gasteiger partial charge in [-0.2, -0.15) is 0 Å². The minimum atomic E-state index is -0.556.